The lowest BCUT2D eigenvalue weighted by Gasteiger charge is -2.07. The third-order valence-electron chi connectivity index (χ3n) is 2.53. The van der Waals surface area contributed by atoms with Crippen LogP contribution in [0.4, 0.5) is 11.6 Å². The maximum absolute atomic E-state index is 11.4. The zero-order chi connectivity index (χ0) is 13.4. The molecule has 1 aromatic rings. The topological polar surface area (TPSA) is 66.9 Å². The highest BCUT2D eigenvalue weighted by molar-refractivity contribution is 5.91. The Bertz CT molecular complexity index is 362. The van der Waals surface area contributed by atoms with Gasteiger partial charge in [-0.05, 0) is 18.6 Å². The van der Waals surface area contributed by atoms with Crippen molar-refractivity contribution in [3.05, 3.63) is 12.1 Å². The standard InChI is InChI=1S/C13H22N4O/c1-4-5-6-9-14-11-7-8-12(17-16-11)15-13(18)10(2)3/h7-8,10H,4-6,9H2,1-3H3,(H,14,16)(H,15,17,18). The lowest BCUT2D eigenvalue weighted by atomic mass is 10.2. The van der Waals surface area contributed by atoms with Crippen molar-refractivity contribution in [1.29, 1.82) is 0 Å². The number of nitrogens with zero attached hydrogens (tertiary/aromatic N) is 2. The summed E-state index contributed by atoms with van der Waals surface area (Å²) < 4.78 is 0. The average molecular weight is 250 g/mol. The van der Waals surface area contributed by atoms with Gasteiger partial charge in [0.1, 0.15) is 5.82 Å². The molecule has 100 valence electrons. The van der Waals surface area contributed by atoms with Crippen LogP contribution in [0.2, 0.25) is 0 Å². The minimum absolute atomic E-state index is 0.0482. The molecule has 5 heteroatoms. The Kier molecular flexibility index (Phi) is 6.11. The number of rotatable bonds is 7. The van der Waals surface area contributed by atoms with E-state index in [2.05, 4.69) is 27.8 Å². The van der Waals surface area contributed by atoms with Crippen molar-refractivity contribution in [2.45, 2.75) is 40.0 Å². The van der Waals surface area contributed by atoms with Crippen LogP contribution >= 0.6 is 0 Å². The fourth-order valence-corrected chi connectivity index (χ4v) is 1.36. The van der Waals surface area contributed by atoms with Gasteiger partial charge in [0.05, 0.1) is 0 Å². The second kappa shape index (κ2) is 7.63. The van der Waals surface area contributed by atoms with E-state index in [9.17, 15) is 4.79 Å². The molecule has 1 amide bonds. The minimum atomic E-state index is -0.0568. The summed E-state index contributed by atoms with van der Waals surface area (Å²) >= 11 is 0. The number of nitrogens with one attached hydrogen (secondary N) is 2. The molecule has 0 unspecified atom stereocenters. The highest BCUT2D eigenvalue weighted by atomic mass is 16.1. The highest BCUT2D eigenvalue weighted by Gasteiger charge is 2.07. The van der Waals surface area contributed by atoms with E-state index in [1.54, 1.807) is 6.07 Å². The van der Waals surface area contributed by atoms with Crippen LogP contribution in [0.3, 0.4) is 0 Å². The lowest BCUT2D eigenvalue weighted by Crippen LogP contribution is -2.18. The molecule has 1 heterocycles. The van der Waals surface area contributed by atoms with E-state index in [4.69, 9.17) is 0 Å². The summed E-state index contributed by atoms with van der Waals surface area (Å²) in [6, 6.07) is 3.59. The Morgan fingerprint density at radius 3 is 2.44 bits per heavy atom. The number of unbranched alkanes of at least 4 members (excludes halogenated alkanes) is 2. The summed E-state index contributed by atoms with van der Waals surface area (Å²) in [6.45, 7) is 6.76. The first-order valence-corrected chi connectivity index (χ1v) is 6.52. The van der Waals surface area contributed by atoms with E-state index in [-0.39, 0.29) is 11.8 Å². The van der Waals surface area contributed by atoms with Gasteiger partial charge in [0.25, 0.3) is 0 Å². The van der Waals surface area contributed by atoms with E-state index in [0.29, 0.717) is 5.82 Å². The fraction of sp³-hybridized carbons (Fsp3) is 0.615. The molecule has 5 nitrogen and oxygen atoms in total. The van der Waals surface area contributed by atoms with Crippen LogP contribution in [-0.2, 0) is 4.79 Å². The number of carbonyl (C=O) groups is 1. The van der Waals surface area contributed by atoms with E-state index in [1.807, 2.05) is 19.9 Å². The molecule has 0 saturated carbocycles. The molecule has 0 aromatic carbocycles. The second-order valence-corrected chi connectivity index (χ2v) is 4.58. The van der Waals surface area contributed by atoms with Gasteiger partial charge in [-0.15, -0.1) is 10.2 Å². The van der Waals surface area contributed by atoms with Crippen LogP contribution < -0.4 is 10.6 Å². The number of amides is 1. The maximum atomic E-state index is 11.4. The Balaban J connectivity index is 2.40. The van der Waals surface area contributed by atoms with Crippen LogP contribution in [0, 0.1) is 5.92 Å². The highest BCUT2D eigenvalue weighted by Crippen LogP contribution is 2.08. The summed E-state index contributed by atoms with van der Waals surface area (Å²) in [6.07, 6.45) is 3.54. The fourth-order valence-electron chi connectivity index (χ4n) is 1.36. The van der Waals surface area contributed by atoms with Gasteiger partial charge in [-0.2, -0.15) is 0 Å². The minimum Gasteiger partial charge on any atom is -0.369 e. The number of hydrogen-bond acceptors (Lipinski definition) is 4. The van der Waals surface area contributed by atoms with Crippen molar-refractivity contribution in [3.63, 3.8) is 0 Å². The van der Waals surface area contributed by atoms with Crippen molar-refractivity contribution >= 4 is 17.5 Å². The summed E-state index contributed by atoms with van der Waals surface area (Å²) in [5.74, 6) is 1.13. The van der Waals surface area contributed by atoms with Crippen LogP contribution in [0.1, 0.15) is 40.0 Å². The van der Waals surface area contributed by atoms with Gasteiger partial charge in [-0.25, -0.2) is 0 Å². The molecular formula is C13H22N4O. The van der Waals surface area contributed by atoms with E-state index in [1.165, 1.54) is 12.8 Å². The summed E-state index contributed by atoms with van der Waals surface area (Å²) in [7, 11) is 0. The van der Waals surface area contributed by atoms with Crippen molar-refractivity contribution in [3.8, 4) is 0 Å². The zero-order valence-electron chi connectivity index (χ0n) is 11.4. The lowest BCUT2D eigenvalue weighted by molar-refractivity contribution is -0.118. The Hall–Kier alpha value is -1.65. The van der Waals surface area contributed by atoms with Crippen molar-refractivity contribution in [1.82, 2.24) is 10.2 Å². The first-order chi connectivity index (χ1) is 8.63. The van der Waals surface area contributed by atoms with Gasteiger partial charge in [0.15, 0.2) is 5.82 Å². The molecule has 1 rings (SSSR count). The molecule has 0 aliphatic rings. The smallest absolute Gasteiger partial charge is 0.228 e. The van der Waals surface area contributed by atoms with Gasteiger partial charge < -0.3 is 10.6 Å². The largest absolute Gasteiger partial charge is 0.369 e. The molecule has 0 radical (unpaired) electrons. The van der Waals surface area contributed by atoms with Crippen molar-refractivity contribution < 1.29 is 4.79 Å². The van der Waals surface area contributed by atoms with Crippen molar-refractivity contribution in [2.24, 2.45) is 5.92 Å². The van der Waals surface area contributed by atoms with Gasteiger partial charge in [0, 0.05) is 12.5 Å². The molecule has 18 heavy (non-hydrogen) atoms. The average Bonchev–Trinajstić information content (AvgIpc) is 2.36. The Morgan fingerprint density at radius 1 is 1.22 bits per heavy atom. The maximum Gasteiger partial charge on any atom is 0.228 e. The summed E-state index contributed by atoms with van der Waals surface area (Å²) in [5, 5.41) is 13.9. The third-order valence-corrected chi connectivity index (χ3v) is 2.53. The normalized spacial score (nSPS) is 10.4. The van der Waals surface area contributed by atoms with E-state index in [0.717, 1.165) is 18.8 Å². The number of carbonyl (C=O) groups excluding carboxylic acids is 1. The monoisotopic (exact) mass is 250 g/mol. The predicted octanol–water partition coefficient (Wildman–Crippen LogP) is 2.67. The van der Waals surface area contributed by atoms with E-state index < -0.39 is 0 Å². The van der Waals surface area contributed by atoms with Gasteiger partial charge in [0.2, 0.25) is 5.91 Å². The van der Waals surface area contributed by atoms with Crippen LogP contribution in [-0.4, -0.2) is 22.6 Å². The van der Waals surface area contributed by atoms with Gasteiger partial charge >= 0.3 is 0 Å². The summed E-state index contributed by atoms with van der Waals surface area (Å²) in [5.41, 5.74) is 0. The SMILES string of the molecule is CCCCCNc1ccc(NC(=O)C(C)C)nn1. The van der Waals surface area contributed by atoms with Crippen LogP contribution in [0.15, 0.2) is 12.1 Å². The van der Waals surface area contributed by atoms with Crippen LogP contribution in [0.25, 0.3) is 0 Å². The zero-order valence-corrected chi connectivity index (χ0v) is 11.4. The number of hydrogen-bond donors (Lipinski definition) is 2. The second-order valence-electron chi connectivity index (χ2n) is 4.58. The number of aromatic nitrogens is 2. The van der Waals surface area contributed by atoms with Gasteiger partial charge in [-0.1, -0.05) is 33.6 Å². The first kappa shape index (κ1) is 14.4. The molecule has 2 N–H and O–H groups in total. The summed E-state index contributed by atoms with van der Waals surface area (Å²) in [4.78, 5) is 11.4. The number of anilines is 2. The Morgan fingerprint density at radius 2 is 1.89 bits per heavy atom. The van der Waals surface area contributed by atoms with Gasteiger partial charge in [-0.3, -0.25) is 4.79 Å². The van der Waals surface area contributed by atoms with E-state index >= 15 is 0 Å². The molecular weight excluding hydrogens is 228 g/mol. The molecule has 0 saturated heterocycles. The first-order valence-electron chi connectivity index (χ1n) is 6.52. The molecule has 0 fully saturated rings. The van der Waals surface area contributed by atoms with Crippen LogP contribution in [0.5, 0.6) is 0 Å². The molecule has 0 spiro atoms. The molecule has 0 atom stereocenters. The predicted molar refractivity (Wildman–Crippen MR) is 73.5 cm³/mol. The molecule has 0 aliphatic heterocycles. The molecule has 0 bridgehead atoms. The molecule has 1 aromatic heterocycles. The van der Waals surface area contributed by atoms with Crippen molar-refractivity contribution in [2.75, 3.05) is 17.2 Å². The molecule has 0 aliphatic carbocycles. The third kappa shape index (κ3) is 5.12. The quantitative estimate of drug-likeness (QED) is 0.730. The Labute approximate surface area is 108 Å².